The number of hydrogen-bond donors (Lipinski definition) is 0. The Labute approximate surface area is 88.8 Å². The molecule has 0 N–H and O–H groups in total. The summed E-state index contributed by atoms with van der Waals surface area (Å²) in [7, 11) is 1.79. The molecule has 0 bridgehead atoms. The van der Waals surface area contributed by atoms with E-state index in [0.717, 1.165) is 13.0 Å². The third-order valence-electron chi connectivity index (χ3n) is 2.89. The Hall–Kier alpha value is -1.29. The second kappa shape index (κ2) is 4.06. The maximum Gasteiger partial charge on any atom is 0.289 e. The molecule has 1 aromatic rings. The fourth-order valence-electron chi connectivity index (χ4n) is 1.95. The molecule has 1 saturated heterocycles. The summed E-state index contributed by atoms with van der Waals surface area (Å²) >= 11 is 0. The Kier molecular flexibility index (Phi) is 2.77. The quantitative estimate of drug-likeness (QED) is 0.741. The van der Waals surface area contributed by atoms with Crippen molar-refractivity contribution in [2.75, 3.05) is 13.7 Å². The lowest BCUT2D eigenvalue weighted by molar-refractivity contribution is 0.0549. The van der Waals surface area contributed by atoms with Crippen molar-refractivity contribution < 1.29 is 13.9 Å². The van der Waals surface area contributed by atoms with Crippen LogP contribution in [0.3, 0.4) is 0 Å². The number of carbonyl (C=O) groups excluding carboxylic acids is 1. The van der Waals surface area contributed by atoms with Crippen molar-refractivity contribution in [3.05, 3.63) is 24.2 Å². The van der Waals surface area contributed by atoms with Gasteiger partial charge < -0.3 is 14.1 Å². The van der Waals surface area contributed by atoms with Crippen molar-refractivity contribution in [3.8, 4) is 0 Å². The average Bonchev–Trinajstić information content (AvgIpc) is 2.85. The van der Waals surface area contributed by atoms with Crippen LogP contribution >= 0.6 is 0 Å². The zero-order valence-electron chi connectivity index (χ0n) is 8.97. The topological polar surface area (TPSA) is 42.7 Å². The molecule has 1 amide bonds. The number of nitrogens with zero attached hydrogens (tertiary/aromatic N) is 1. The summed E-state index contributed by atoms with van der Waals surface area (Å²) in [6, 6.07) is 3.55. The van der Waals surface area contributed by atoms with Gasteiger partial charge in [0.05, 0.1) is 18.4 Å². The Balaban J connectivity index is 2.07. The van der Waals surface area contributed by atoms with Gasteiger partial charge in [-0.1, -0.05) is 0 Å². The summed E-state index contributed by atoms with van der Waals surface area (Å²) in [6.45, 7) is 2.71. The molecule has 0 aromatic carbocycles. The second-order valence-corrected chi connectivity index (χ2v) is 3.83. The smallest absolute Gasteiger partial charge is 0.289 e. The van der Waals surface area contributed by atoms with Crippen molar-refractivity contribution in [3.63, 3.8) is 0 Å². The summed E-state index contributed by atoms with van der Waals surface area (Å²) in [6.07, 6.45) is 2.51. The number of rotatable bonds is 2. The van der Waals surface area contributed by atoms with Gasteiger partial charge in [-0.15, -0.1) is 0 Å². The molecule has 2 rings (SSSR count). The van der Waals surface area contributed by atoms with Gasteiger partial charge in [0.2, 0.25) is 0 Å². The highest BCUT2D eigenvalue weighted by atomic mass is 16.5. The van der Waals surface area contributed by atoms with Crippen molar-refractivity contribution in [1.82, 2.24) is 4.90 Å². The predicted molar refractivity (Wildman–Crippen MR) is 54.6 cm³/mol. The highest BCUT2D eigenvalue weighted by Crippen LogP contribution is 2.20. The van der Waals surface area contributed by atoms with Crippen molar-refractivity contribution in [2.45, 2.75) is 25.5 Å². The minimum absolute atomic E-state index is 0.0812. The molecule has 1 aromatic heterocycles. The van der Waals surface area contributed by atoms with Crippen LogP contribution in [0, 0.1) is 0 Å². The minimum atomic E-state index is -0.0812. The number of carbonyl (C=O) groups is 1. The third-order valence-corrected chi connectivity index (χ3v) is 2.89. The maximum absolute atomic E-state index is 11.9. The van der Waals surface area contributed by atoms with Crippen molar-refractivity contribution in [1.29, 1.82) is 0 Å². The Bertz CT molecular complexity index is 334. The van der Waals surface area contributed by atoms with Crippen LogP contribution in [0.5, 0.6) is 0 Å². The molecule has 0 radical (unpaired) electrons. The van der Waals surface area contributed by atoms with Gasteiger partial charge in [-0.05, 0) is 25.5 Å². The van der Waals surface area contributed by atoms with Crippen molar-refractivity contribution in [2.24, 2.45) is 0 Å². The van der Waals surface area contributed by atoms with Crippen molar-refractivity contribution >= 4 is 5.91 Å². The zero-order chi connectivity index (χ0) is 10.8. The third kappa shape index (κ3) is 1.90. The van der Waals surface area contributed by atoms with Gasteiger partial charge >= 0.3 is 0 Å². The van der Waals surface area contributed by atoms with Gasteiger partial charge in [0.1, 0.15) is 0 Å². The van der Waals surface area contributed by atoms with Crippen LogP contribution in [-0.4, -0.2) is 36.6 Å². The first-order chi connectivity index (χ1) is 7.20. The molecule has 0 aliphatic carbocycles. The Morgan fingerprint density at radius 2 is 2.40 bits per heavy atom. The van der Waals surface area contributed by atoms with E-state index in [1.54, 1.807) is 24.1 Å². The second-order valence-electron chi connectivity index (χ2n) is 3.83. The summed E-state index contributed by atoms with van der Waals surface area (Å²) < 4.78 is 10.5. The van der Waals surface area contributed by atoms with Crippen LogP contribution < -0.4 is 0 Å². The van der Waals surface area contributed by atoms with E-state index < -0.39 is 0 Å². The molecular weight excluding hydrogens is 194 g/mol. The van der Waals surface area contributed by atoms with Gasteiger partial charge in [0, 0.05) is 13.7 Å². The predicted octanol–water partition coefficient (Wildman–Crippen LogP) is 1.53. The molecule has 4 nitrogen and oxygen atoms in total. The lowest BCUT2D eigenvalue weighted by Crippen LogP contribution is -2.40. The maximum atomic E-state index is 11.9. The Morgan fingerprint density at radius 1 is 1.60 bits per heavy atom. The number of hydrogen-bond acceptors (Lipinski definition) is 3. The van der Waals surface area contributed by atoms with E-state index in [-0.39, 0.29) is 18.1 Å². The molecule has 0 saturated carbocycles. The van der Waals surface area contributed by atoms with Crippen LogP contribution in [0.25, 0.3) is 0 Å². The molecular formula is C11H15NO3. The van der Waals surface area contributed by atoms with Crippen LogP contribution in [0.4, 0.5) is 0 Å². The zero-order valence-corrected chi connectivity index (χ0v) is 8.97. The number of furan rings is 1. The van der Waals surface area contributed by atoms with Gasteiger partial charge in [-0.2, -0.15) is 0 Å². The van der Waals surface area contributed by atoms with Gasteiger partial charge in [0.15, 0.2) is 5.76 Å². The first-order valence-electron chi connectivity index (χ1n) is 5.12. The summed E-state index contributed by atoms with van der Waals surface area (Å²) in [5.41, 5.74) is 0. The van der Waals surface area contributed by atoms with Crippen LogP contribution in [0.2, 0.25) is 0 Å². The lowest BCUT2D eigenvalue weighted by atomic mass is 10.1. The highest BCUT2D eigenvalue weighted by molar-refractivity contribution is 5.91. The van der Waals surface area contributed by atoms with E-state index in [1.165, 1.54) is 6.26 Å². The van der Waals surface area contributed by atoms with Crippen LogP contribution in [0.1, 0.15) is 23.9 Å². The number of likely N-dealkylation sites (N-methyl/N-ethyl adjacent to an activating group) is 1. The number of amides is 1. The van der Waals surface area contributed by atoms with Gasteiger partial charge in [-0.25, -0.2) is 0 Å². The van der Waals surface area contributed by atoms with Crippen LogP contribution in [-0.2, 0) is 4.74 Å². The molecule has 1 aliphatic heterocycles. The van der Waals surface area contributed by atoms with E-state index in [2.05, 4.69) is 0 Å². The van der Waals surface area contributed by atoms with Gasteiger partial charge in [0.25, 0.3) is 5.91 Å². The van der Waals surface area contributed by atoms with E-state index in [9.17, 15) is 4.79 Å². The monoisotopic (exact) mass is 209 g/mol. The molecule has 82 valence electrons. The summed E-state index contributed by atoms with van der Waals surface area (Å²) in [5.74, 6) is 0.305. The molecule has 1 aliphatic rings. The first kappa shape index (κ1) is 10.2. The summed E-state index contributed by atoms with van der Waals surface area (Å²) in [4.78, 5) is 13.6. The normalized spacial score (nSPS) is 25.5. The van der Waals surface area contributed by atoms with E-state index in [0.29, 0.717) is 5.76 Å². The minimum Gasteiger partial charge on any atom is -0.459 e. The lowest BCUT2D eigenvalue weighted by Gasteiger charge is -2.25. The molecule has 1 fully saturated rings. The average molecular weight is 209 g/mol. The number of ether oxygens (including phenoxy) is 1. The van der Waals surface area contributed by atoms with Crippen LogP contribution in [0.15, 0.2) is 22.8 Å². The van der Waals surface area contributed by atoms with Gasteiger partial charge in [-0.3, -0.25) is 4.79 Å². The first-order valence-corrected chi connectivity index (χ1v) is 5.12. The molecule has 2 unspecified atom stereocenters. The SMILES string of the molecule is CC1OCCC1N(C)C(=O)c1ccco1. The fourth-order valence-corrected chi connectivity index (χ4v) is 1.95. The van der Waals surface area contributed by atoms with E-state index >= 15 is 0 Å². The molecule has 2 heterocycles. The molecule has 15 heavy (non-hydrogen) atoms. The molecule has 4 heteroatoms. The molecule has 2 atom stereocenters. The molecule has 0 spiro atoms. The van der Waals surface area contributed by atoms with E-state index in [4.69, 9.17) is 9.15 Å². The largest absolute Gasteiger partial charge is 0.459 e. The summed E-state index contributed by atoms with van der Waals surface area (Å²) in [5, 5.41) is 0. The highest BCUT2D eigenvalue weighted by Gasteiger charge is 2.31. The fraction of sp³-hybridized carbons (Fsp3) is 0.545. The van der Waals surface area contributed by atoms with E-state index in [1.807, 2.05) is 6.92 Å². The standard InChI is InChI=1S/C11H15NO3/c1-8-9(5-7-14-8)12(2)11(13)10-4-3-6-15-10/h3-4,6,8-9H,5,7H2,1-2H3. The Morgan fingerprint density at radius 3 is 2.93 bits per heavy atom.